The van der Waals surface area contributed by atoms with Gasteiger partial charge in [-0.1, -0.05) is 24.3 Å². The number of aryl methyl sites for hydroxylation is 1. The molecule has 0 saturated heterocycles. The molecule has 0 aliphatic rings. The molecule has 7 nitrogen and oxygen atoms in total. The molecule has 1 amide bonds. The van der Waals surface area contributed by atoms with Gasteiger partial charge in [0.25, 0.3) is 0 Å². The van der Waals surface area contributed by atoms with E-state index in [9.17, 15) is 18.0 Å². The Kier molecular flexibility index (Phi) is 6.71. The Morgan fingerprint density at radius 2 is 1.91 bits per heavy atom. The van der Waals surface area contributed by atoms with Crippen molar-refractivity contribution in [2.75, 3.05) is 19.3 Å². The molecule has 0 radical (unpaired) electrons. The normalized spacial score (nSPS) is 12.9. The highest BCUT2D eigenvalue weighted by Crippen LogP contribution is 2.20. The molecular weight excluding hydrogens is 320 g/mol. The van der Waals surface area contributed by atoms with Crippen LogP contribution < -0.4 is 5.32 Å². The van der Waals surface area contributed by atoms with Gasteiger partial charge in [-0.2, -0.15) is 4.31 Å². The van der Waals surface area contributed by atoms with Crippen molar-refractivity contribution in [1.82, 2.24) is 9.62 Å². The highest BCUT2D eigenvalue weighted by atomic mass is 32.2. The van der Waals surface area contributed by atoms with Gasteiger partial charge in [0.1, 0.15) is 0 Å². The molecule has 8 heteroatoms. The third-order valence-corrected chi connectivity index (χ3v) is 5.29. The molecule has 0 fully saturated rings. The van der Waals surface area contributed by atoms with Crippen LogP contribution in [0.1, 0.15) is 30.5 Å². The van der Waals surface area contributed by atoms with Gasteiger partial charge in [-0.3, -0.25) is 9.59 Å². The minimum atomic E-state index is -3.47. The molecule has 0 bridgehead atoms. The zero-order chi connectivity index (χ0) is 17.6. The van der Waals surface area contributed by atoms with Gasteiger partial charge in [-0.05, 0) is 25.0 Å². The van der Waals surface area contributed by atoms with Crippen LogP contribution in [0, 0.1) is 6.92 Å². The van der Waals surface area contributed by atoms with Gasteiger partial charge < -0.3 is 10.4 Å². The first kappa shape index (κ1) is 19.1. The first-order valence-corrected chi connectivity index (χ1v) is 8.79. The van der Waals surface area contributed by atoms with Crippen LogP contribution in [0.2, 0.25) is 0 Å². The number of nitrogens with zero attached hydrogens (tertiary/aromatic N) is 1. The maximum absolute atomic E-state index is 12.1. The molecule has 0 heterocycles. The number of benzene rings is 1. The molecule has 0 aliphatic heterocycles. The van der Waals surface area contributed by atoms with Gasteiger partial charge in [0.05, 0.1) is 24.8 Å². The molecule has 0 spiro atoms. The lowest BCUT2D eigenvalue weighted by atomic mass is 9.99. The maximum Gasteiger partial charge on any atom is 0.305 e. The van der Waals surface area contributed by atoms with Crippen LogP contribution >= 0.6 is 0 Å². The maximum atomic E-state index is 12.1. The smallest absolute Gasteiger partial charge is 0.305 e. The van der Waals surface area contributed by atoms with Crippen molar-refractivity contribution in [3.63, 3.8) is 0 Å². The van der Waals surface area contributed by atoms with Crippen LogP contribution in [0.5, 0.6) is 0 Å². The SMILES string of the molecule is CCS(=O)(=O)N(C)CC(=O)NC(CC(=O)O)c1ccccc1C. The van der Waals surface area contributed by atoms with E-state index in [0.717, 1.165) is 9.87 Å². The van der Waals surface area contributed by atoms with E-state index in [1.54, 1.807) is 12.1 Å². The van der Waals surface area contributed by atoms with Crippen LogP contribution in [0.15, 0.2) is 24.3 Å². The van der Waals surface area contributed by atoms with Gasteiger partial charge in [0.15, 0.2) is 0 Å². The monoisotopic (exact) mass is 342 g/mol. The molecule has 1 unspecified atom stereocenters. The number of rotatable bonds is 8. The van der Waals surface area contributed by atoms with Crippen molar-refractivity contribution in [2.24, 2.45) is 0 Å². The molecule has 2 N–H and O–H groups in total. The topological polar surface area (TPSA) is 104 Å². The highest BCUT2D eigenvalue weighted by Gasteiger charge is 2.23. The summed E-state index contributed by atoms with van der Waals surface area (Å²) in [6.45, 7) is 2.96. The minimum Gasteiger partial charge on any atom is -0.481 e. The molecule has 1 atom stereocenters. The van der Waals surface area contributed by atoms with Crippen LogP contribution in [0.4, 0.5) is 0 Å². The van der Waals surface area contributed by atoms with E-state index in [1.165, 1.54) is 14.0 Å². The summed E-state index contributed by atoms with van der Waals surface area (Å²) < 4.78 is 24.3. The third kappa shape index (κ3) is 5.65. The zero-order valence-electron chi connectivity index (χ0n) is 13.4. The Hall–Kier alpha value is -1.93. The average Bonchev–Trinajstić information content (AvgIpc) is 2.46. The number of sulfonamides is 1. The summed E-state index contributed by atoms with van der Waals surface area (Å²) >= 11 is 0. The number of aliphatic carboxylic acids is 1. The van der Waals surface area contributed by atoms with E-state index in [-0.39, 0.29) is 18.7 Å². The summed E-state index contributed by atoms with van der Waals surface area (Å²) in [5.41, 5.74) is 1.55. The predicted octanol–water partition coefficient (Wildman–Crippen LogP) is 0.909. The summed E-state index contributed by atoms with van der Waals surface area (Å²) in [4.78, 5) is 23.1. The fourth-order valence-electron chi connectivity index (χ4n) is 2.15. The molecule has 23 heavy (non-hydrogen) atoms. The van der Waals surface area contributed by atoms with E-state index in [2.05, 4.69) is 5.32 Å². The number of carbonyl (C=O) groups excluding carboxylic acids is 1. The third-order valence-electron chi connectivity index (χ3n) is 3.48. The lowest BCUT2D eigenvalue weighted by Gasteiger charge is -2.21. The Labute approximate surface area is 136 Å². The Bertz CT molecular complexity index is 672. The second-order valence-electron chi connectivity index (χ2n) is 5.23. The molecular formula is C15H22N2O5S. The number of nitrogens with one attached hydrogen (secondary N) is 1. The van der Waals surface area contributed by atoms with Crippen molar-refractivity contribution in [2.45, 2.75) is 26.3 Å². The summed E-state index contributed by atoms with van der Waals surface area (Å²) in [7, 11) is -2.15. The van der Waals surface area contributed by atoms with Crippen molar-refractivity contribution in [3.8, 4) is 0 Å². The fraction of sp³-hybridized carbons (Fsp3) is 0.467. The minimum absolute atomic E-state index is 0.104. The number of carboxylic acid groups (broad SMARTS) is 1. The average molecular weight is 342 g/mol. The lowest BCUT2D eigenvalue weighted by molar-refractivity contribution is -0.137. The van der Waals surface area contributed by atoms with Crippen LogP contribution in [0.25, 0.3) is 0 Å². The summed E-state index contributed by atoms with van der Waals surface area (Å²) in [5, 5.41) is 11.6. The number of amides is 1. The van der Waals surface area contributed by atoms with Crippen molar-refractivity contribution in [3.05, 3.63) is 35.4 Å². The van der Waals surface area contributed by atoms with Gasteiger partial charge in [-0.25, -0.2) is 8.42 Å². The molecule has 128 valence electrons. The number of hydrogen-bond acceptors (Lipinski definition) is 4. The Morgan fingerprint density at radius 1 is 1.30 bits per heavy atom. The Balaban J connectivity index is 2.88. The van der Waals surface area contributed by atoms with E-state index in [0.29, 0.717) is 5.56 Å². The van der Waals surface area contributed by atoms with E-state index in [1.807, 2.05) is 19.1 Å². The molecule has 0 aromatic heterocycles. The number of likely N-dealkylation sites (N-methyl/N-ethyl adjacent to an activating group) is 1. The predicted molar refractivity (Wildman–Crippen MR) is 86.4 cm³/mol. The fourth-order valence-corrected chi connectivity index (χ4v) is 2.91. The quantitative estimate of drug-likeness (QED) is 0.731. The lowest BCUT2D eigenvalue weighted by Crippen LogP contribution is -2.40. The highest BCUT2D eigenvalue weighted by molar-refractivity contribution is 7.89. The second kappa shape index (κ2) is 8.07. The number of hydrogen-bond donors (Lipinski definition) is 2. The van der Waals surface area contributed by atoms with Gasteiger partial charge >= 0.3 is 5.97 Å². The summed E-state index contributed by atoms with van der Waals surface area (Å²) in [5.74, 6) is -1.69. The molecule has 1 aromatic rings. The van der Waals surface area contributed by atoms with Crippen LogP contribution in [-0.4, -0.2) is 49.1 Å². The number of carbonyl (C=O) groups is 2. The molecule has 1 aromatic carbocycles. The van der Waals surface area contributed by atoms with E-state index < -0.39 is 27.9 Å². The second-order valence-corrected chi connectivity index (χ2v) is 7.60. The molecule has 0 saturated carbocycles. The van der Waals surface area contributed by atoms with Crippen LogP contribution in [0.3, 0.4) is 0 Å². The molecule has 1 rings (SSSR count). The number of carboxylic acids is 1. The summed E-state index contributed by atoms with van der Waals surface area (Å²) in [6, 6.07) is 6.44. The van der Waals surface area contributed by atoms with Crippen molar-refractivity contribution < 1.29 is 23.1 Å². The van der Waals surface area contributed by atoms with Gasteiger partial charge in [0.2, 0.25) is 15.9 Å². The Morgan fingerprint density at radius 3 is 2.43 bits per heavy atom. The van der Waals surface area contributed by atoms with Crippen LogP contribution in [-0.2, 0) is 19.6 Å². The van der Waals surface area contributed by atoms with Crippen molar-refractivity contribution >= 4 is 21.9 Å². The zero-order valence-corrected chi connectivity index (χ0v) is 14.3. The summed E-state index contributed by atoms with van der Waals surface area (Å²) in [6.07, 6.45) is -0.277. The first-order valence-electron chi connectivity index (χ1n) is 7.18. The van der Waals surface area contributed by atoms with Gasteiger partial charge in [0, 0.05) is 7.05 Å². The first-order chi connectivity index (χ1) is 10.7. The standard InChI is InChI=1S/C15H22N2O5S/c1-4-23(21,22)17(3)10-14(18)16-13(9-15(19)20)12-8-6-5-7-11(12)2/h5-8,13H,4,9-10H2,1-3H3,(H,16,18)(H,19,20). The van der Waals surface area contributed by atoms with E-state index >= 15 is 0 Å². The van der Waals surface area contributed by atoms with Crippen molar-refractivity contribution in [1.29, 1.82) is 0 Å². The van der Waals surface area contributed by atoms with Gasteiger partial charge in [-0.15, -0.1) is 0 Å². The van der Waals surface area contributed by atoms with E-state index in [4.69, 9.17) is 5.11 Å². The molecule has 0 aliphatic carbocycles. The largest absolute Gasteiger partial charge is 0.481 e.